The summed E-state index contributed by atoms with van der Waals surface area (Å²) in [5, 5.41) is 9.72. The number of halogens is 1. The smallest absolute Gasteiger partial charge is 0.317 e. The average Bonchev–Trinajstić information content (AvgIpc) is 3.24. The van der Waals surface area contributed by atoms with Gasteiger partial charge in [-0.1, -0.05) is 50.3 Å². The van der Waals surface area contributed by atoms with E-state index in [4.69, 9.17) is 4.74 Å². The van der Waals surface area contributed by atoms with Gasteiger partial charge in [-0.2, -0.15) is 5.26 Å². The summed E-state index contributed by atoms with van der Waals surface area (Å²) in [6, 6.07) is 8.61. The van der Waals surface area contributed by atoms with Crippen molar-refractivity contribution in [1.82, 2.24) is 4.90 Å². The third-order valence-corrected chi connectivity index (χ3v) is 6.73. The lowest BCUT2D eigenvalue weighted by Crippen LogP contribution is -2.53. The van der Waals surface area contributed by atoms with E-state index in [0.29, 0.717) is 31.2 Å². The predicted molar refractivity (Wildman–Crippen MR) is 106 cm³/mol. The van der Waals surface area contributed by atoms with Crippen LogP contribution in [0.15, 0.2) is 24.3 Å². The van der Waals surface area contributed by atoms with Gasteiger partial charge in [0.2, 0.25) is 0 Å². The van der Waals surface area contributed by atoms with E-state index in [0.717, 1.165) is 32.1 Å². The Hall–Kier alpha value is -2.42. The van der Waals surface area contributed by atoms with E-state index in [1.807, 2.05) is 0 Å². The SMILES string of the molecule is C[C@H](OC(=O)C1(c2ccccc2F)CCCC1)C(=O)N(C)C1(C#N)CCCCC1. The van der Waals surface area contributed by atoms with Gasteiger partial charge in [0.15, 0.2) is 6.10 Å². The lowest BCUT2D eigenvalue weighted by Gasteiger charge is -2.40. The van der Waals surface area contributed by atoms with Crippen LogP contribution in [0, 0.1) is 17.1 Å². The van der Waals surface area contributed by atoms with Crippen molar-refractivity contribution in [2.45, 2.75) is 81.8 Å². The maximum Gasteiger partial charge on any atom is 0.317 e. The van der Waals surface area contributed by atoms with Gasteiger partial charge in [0.05, 0.1) is 11.5 Å². The lowest BCUT2D eigenvalue weighted by molar-refractivity contribution is -0.165. The quantitative estimate of drug-likeness (QED) is 0.693. The number of nitrogens with zero attached hydrogens (tertiary/aromatic N) is 2. The van der Waals surface area contributed by atoms with E-state index in [1.165, 1.54) is 17.9 Å². The third kappa shape index (κ3) is 3.88. The molecule has 0 bridgehead atoms. The first-order valence-corrected chi connectivity index (χ1v) is 10.5. The largest absolute Gasteiger partial charge is 0.452 e. The molecule has 0 spiro atoms. The molecular weight excluding hydrogens is 371 g/mol. The fourth-order valence-corrected chi connectivity index (χ4v) is 4.88. The molecule has 0 unspecified atom stereocenters. The Morgan fingerprint density at radius 2 is 1.69 bits per heavy atom. The molecule has 2 aliphatic carbocycles. The fourth-order valence-electron chi connectivity index (χ4n) is 4.88. The molecule has 1 aromatic rings. The molecule has 0 aromatic heterocycles. The second-order valence-electron chi connectivity index (χ2n) is 8.42. The highest BCUT2D eigenvalue weighted by molar-refractivity contribution is 5.88. The first kappa shape index (κ1) is 21.3. The number of nitriles is 1. The number of hydrogen-bond donors (Lipinski definition) is 0. The van der Waals surface area contributed by atoms with Crippen LogP contribution in [0.5, 0.6) is 0 Å². The Morgan fingerprint density at radius 3 is 2.28 bits per heavy atom. The highest BCUT2D eigenvalue weighted by atomic mass is 19.1. The zero-order valence-electron chi connectivity index (χ0n) is 17.2. The molecule has 2 saturated carbocycles. The van der Waals surface area contributed by atoms with Crippen LogP contribution in [0.4, 0.5) is 4.39 Å². The Bertz CT molecular complexity index is 805. The average molecular weight is 400 g/mol. The van der Waals surface area contributed by atoms with E-state index in [-0.39, 0.29) is 5.91 Å². The number of carbonyl (C=O) groups excluding carboxylic acids is 2. The highest BCUT2D eigenvalue weighted by Gasteiger charge is 2.47. The number of hydrogen-bond acceptors (Lipinski definition) is 4. The van der Waals surface area contributed by atoms with Crippen LogP contribution >= 0.6 is 0 Å². The van der Waals surface area contributed by atoms with E-state index >= 15 is 0 Å². The zero-order valence-corrected chi connectivity index (χ0v) is 17.2. The molecule has 1 aromatic carbocycles. The van der Waals surface area contributed by atoms with Gasteiger partial charge in [0.25, 0.3) is 5.91 Å². The zero-order chi connectivity index (χ0) is 21.1. The number of amides is 1. The molecule has 29 heavy (non-hydrogen) atoms. The van der Waals surface area contributed by atoms with Gasteiger partial charge in [0.1, 0.15) is 11.4 Å². The predicted octanol–water partition coefficient (Wildman–Crippen LogP) is 4.25. The molecule has 0 saturated heterocycles. The summed E-state index contributed by atoms with van der Waals surface area (Å²) in [4.78, 5) is 27.6. The maximum absolute atomic E-state index is 14.5. The molecule has 156 valence electrons. The number of rotatable bonds is 5. The van der Waals surface area contributed by atoms with Crippen LogP contribution < -0.4 is 0 Å². The summed E-state index contributed by atoms with van der Waals surface area (Å²) in [5.41, 5.74) is -1.54. The van der Waals surface area contributed by atoms with Crippen LogP contribution in [0.1, 0.15) is 70.3 Å². The van der Waals surface area contributed by atoms with E-state index in [2.05, 4.69) is 6.07 Å². The minimum Gasteiger partial charge on any atom is -0.452 e. The number of benzene rings is 1. The minimum atomic E-state index is -1.05. The van der Waals surface area contributed by atoms with Gasteiger partial charge < -0.3 is 9.64 Å². The third-order valence-electron chi connectivity index (χ3n) is 6.73. The van der Waals surface area contributed by atoms with Crippen molar-refractivity contribution in [2.75, 3.05) is 7.05 Å². The van der Waals surface area contributed by atoms with Crippen LogP contribution in [0.2, 0.25) is 0 Å². The normalized spacial score (nSPS) is 21.0. The van der Waals surface area contributed by atoms with Gasteiger partial charge in [0, 0.05) is 12.6 Å². The second-order valence-corrected chi connectivity index (χ2v) is 8.42. The molecule has 6 heteroatoms. The summed E-state index contributed by atoms with van der Waals surface area (Å²) in [6.45, 7) is 1.54. The van der Waals surface area contributed by atoms with Crippen LogP contribution in [0.3, 0.4) is 0 Å². The first-order chi connectivity index (χ1) is 13.9. The lowest BCUT2D eigenvalue weighted by atomic mass is 9.78. The molecule has 0 N–H and O–H groups in total. The van der Waals surface area contributed by atoms with E-state index in [9.17, 15) is 19.2 Å². The van der Waals surface area contributed by atoms with Gasteiger partial charge in [-0.3, -0.25) is 9.59 Å². The Kier molecular flexibility index (Phi) is 6.26. The van der Waals surface area contributed by atoms with Gasteiger partial charge in [-0.25, -0.2) is 4.39 Å². The van der Waals surface area contributed by atoms with Crippen LogP contribution in [0.25, 0.3) is 0 Å². The molecule has 0 aliphatic heterocycles. The summed E-state index contributed by atoms with van der Waals surface area (Å²) >= 11 is 0. The van der Waals surface area contributed by atoms with Gasteiger partial charge in [-0.15, -0.1) is 0 Å². The van der Waals surface area contributed by atoms with Crippen molar-refractivity contribution in [3.8, 4) is 6.07 Å². The number of carbonyl (C=O) groups is 2. The molecule has 2 aliphatic rings. The maximum atomic E-state index is 14.5. The molecule has 5 nitrogen and oxygen atoms in total. The van der Waals surface area contributed by atoms with E-state index < -0.39 is 28.8 Å². The number of esters is 1. The highest BCUT2D eigenvalue weighted by Crippen LogP contribution is 2.43. The van der Waals surface area contributed by atoms with Crippen LogP contribution in [-0.2, 0) is 19.7 Å². The molecule has 0 heterocycles. The van der Waals surface area contributed by atoms with Crippen molar-refractivity contribution < 1.29 is 18.7 Å². The molecular formula is C23H29FN2O3. The summed E-state index contributed by atoms with van der Waals surface area (Å²) < 4.78 is 20.1. The number of ether oxygens (including phenoxy) is 1. The van der Waals surface area contributed by atoms with Crippen molar-refractivity contribution >= 4 is 11.9 Å². The second kappa shape index (κ2) is 8.52. The molecule has 2 fully saturated rings. The Labute approximate surface area is 171 Å². The van der Waals surface area contributed by atoms with Gasteiger partial charge >= 0.3 is 5.97 Å². The standard InChI is InChI=1S/C23H29FN2O3/c1-17(20(27)26(2)22(16-25)12-6-3-7-13-22)29-21(28)23(14-8-9-15-23)18-10-4-5-11-19(18)24/h4-5,10-11,17H,3,6-9,12-15H2,1-2H3/t17-/m0/s1. The molecule has 1 atom stereocenters. The van der Waals surface area contributed by atoms with Gasteiger partial charge in [-0.05, 0) is 38.7 Å². The van der Waals surface area contributed by atoms with Crippen molar-refractivity contribution in [3.63, 3.8) is 0 Å². The first-order valence-electron chi connectivity index (χ1n) is 10.5. The monoisotopic (exact) mass is 400 g/mol. The summed E-state index contributed by atoms with van der Waals surface area (Å²) in [6.07, 6.45) is 5.72. The van der Waals surface area contributed by atoms with E-state index in [1.54, 1.807) is 25.2 Å². The molecule has 0 radical (unpaired) electrons. The Balaban J connectivity index is 1.77. The van der Waals surface area contributed by atoms with Crippen molar-refractivity contribution in [2.24, 2.45) is 0 Å². The summed E-state index contributed by atoms with van der Waals surface area (Å²) in [7, 11) is 1.61. The summed E-state index contributed by atoms with van der Waals surface area (Å²) in [5.74, 6) is -1.36. The van der Waals surface area contributed by atoms with Crippen molar-refractivity contribution in [1.29, 1.82) is 5.26 Å². The molecule has 1 amide bonds. The molecule has 3 rings (SSSR count). The number of likely N-dealkylation sites (N-methyl/N-ethyl adjacent to an activating group) is 1. The fraction of sp³-hybridized carbons (Fsp3) is 0.609. The minimum absolute atomic E-state index is 0.344. The van der Waals surface area contributed by atoms with Crippen LogP contribution in [-0.4, -0.2) is 35.5 Å². The topological polar surface area (TPSA) is 70.4 Å². The van der Waals surface area contributed by atoms with Crippen molar-refractivity contribution in [3.05, 3.63) is 35.6 Å². The Morgan fingerprint density at radius 1 is 1.10 bits per heavy atom.